The number of hydrogen-bond donors (Lipinski definition) is 1. The summed E-state index contributed by atoms with van der Waals surface area (Å²) in [7, 11) is -3.06. The van der Waals surface area contributed by atoms with Gasteiger partial charge in [-0.3, -0.25) is 0 Å². The molecule has 1 unspecified atom stereocenters. The predicted molar refractivity (Wildman–Crippen MR) is 82.8 cm³/mol. The monoisotopic (exact) mass is 313 g/mol. The predicted octanol–water partition coefficient (Wildman–Crippen LogP) is 1.93. The Labute approximate surface area is 126 Å². The molecule has 0 saturated carbocycles. The molecule has 1 N–H and O–H groups in total. The van der Waals surface area contributed by atoms with E-state index in [1.807, 2.05) is 18.2 Å². The normalized spacial score (nSPS) is 17.6. The van der Waals surface area contributed by atoms with Gasteiger partial charge in [-0.05, 0) is 32.5 Å². The highest BCUT2D eigenvalue weighted by molar-refractivity contribution is 7.91. The molecular weight excluding hydrogens is 290 g/mol. The molecular formula is C15H23NO4S. The van der Waals surface area contributed by atoms with Crippen molar-refractivity contribution in [3.05, 3.63) is 23.8 Å². The van der Waals surface area contributed by atoms with E-state index in [4.69, 9.17) is 9.47 Å². The van der Waals surface area contributed by atoms with Crippen molar-refractivity contribution in [2.75, 3.05) is 25.5 Å². The highest BCUT2D eigenvalue weighted by Crippen LogP contribution is 2.35. The average Bonchev–Trinajstić information content (AvgIpc) is 2.81. The van der Waals surface area contributed by atoms with Crippen LogP contribution in [0.4, 0.5) is 0 Å². The second kappa shape index (κ2) is 6.66. The summed E-state index contributed by atoms with van der Waals surface area (Å²) >= 11 is 0. The summed E-state index contributed by atoms with van der Waals surface area (Å²) in [5.74, 6) is 1.48. The van der Waals surface area contributed by atoms with Gasteiger partial charge in [0.1, 0.15) is 24.7 Å². The second-order valence-electron chi connectivity index (χ2n) is 5.39. The number of benzene rings is 1. The van der Waals surface area contributed by atoms with Crippen LogP contribution >= 0.6 is 0 Å². The van der Waals surface area contributed by atoms with Crippen LogP contribution in [0.1, 0.15) is 32.4 Å². The molecule has 1 aromatic carbocycles. The van der Waals surface area contributed by atoms with E-state index >= 15 is 0 Å². The lowest BCUT2D eigenvalue weighted by Crippen LogP contribution is -2.22. The fourth-order valence-electron chi connectivity index (χ4n) is 2.21. The molecule has 6 heteroatoms. The second-order valence-corrected chi connectivity index (χ2v) is 8.06. The van der Waals surface area contributed by atoms with Gasteiger partial charge in [0.2, 0.25) is 0 Å². The van der Waals surface area contributed by atoms with Crippen LogP contribution in [0, 0.1) is 0 Å². The topological polar surface area (TPSA) is 64.6 Å². The van der Waals surface area contributed by atoms with Crippen molar-refractivity contribution in [3.63, 3.8) is 0 Å². The van der Waals surface area contributed by atoms with Crippen LogP contribution in [0.25, 0.3) is 0 Å². The Hall–Kier alpha value is -1.27. The standard InChI is InChI=1S/C15H23NO4S/c1-4-16-14-10-20-15-9-12(5-6-13(14)15)19-7-8-21(17,18)11(2)3/h5-6,9,11,14,16H,4,7-8,10H2,1-3H3. The molecule has 1 aliphatic rings. The zero-order valence-electron chi connectivity index (χ0n) is 12.8. The van der Waals surface area contributed by atoms with Crippen molar-refractivity contribution >= 4 is 9.84 Å². The third-order valence-corrected chi connectivity index (χ3v) is 5.74. The van der Waals surface area contributed by atoms with Crippen LogP contribution in [-0.4, -0.2) is 39.2 Å². The van der Waals surface area contributed by atoms with Gasteiger partial charge in [0.15, 0.2) is 9.84 Å². The first-order valence-corrected chi connectivity index (χ1v) is 9.00. The number of fused-ring (bicyclic) bond motifs is 1. The van der Waals surface area contributed by atoms with Crippen LogP contribution in [0.2, 0.25) is 0 Å². The third-order valence-electron chi connectivity index (χ3n) is 3.57. The Morgan fingerprint density at radius 3 is 2.86 bits per heavy atom. The fraction of sp³-hybridized carbons (Fsp3) is 0.600. The highest BCUT2D eigenvalue weighted by Gasteiger charge is 2.23. The number of ether oxygens (including phenoxy) is 2. The molecule has 21 heavy (non-hydrogen) atoms. The van der Waals surface area contributed by atoms with E-state index in [1.54, 1.807) is 13.8 Å². The SMILES string of the molecule is CCNC1COc2cc(OCCS(=O)(=O)C(C)C)ccc21. The van der Waals surface area contributed by atoms with Crippen LogP contribution in [0.5, 0.6) is 11.5 Å². The van der Waals surface area contributed by atoms with Crippen molar-refractivity contribution in [1.82, 2.24) is 5.32 Å². The van der Waals surface area contributed by atoms with E-state index in [0.29, 0.717) is 12.4 Å². The van der Waals surface area contributed by atoms with Crippen LogP contribution in [0.3, 0.4) is 0 Å². The summed E-state index contributed by atoms with van der Waals surface area (Å²) in [5.41, 5.74) is 1.12. The maximum absolute atomic E-state index is 11.7. The van der Waals surface area contributed by atoms with Crippen LogP contribution in [-0.2, 0) is 9.84 Å². The lowest BCUT2D eigenvalue weighted by molar-refractivity contribution is 0.309. The first kappa shape index (κ1) is 16.1. The Balaban J connectivity index is 1.95. The van der Waals surface area contributed by atoms with Gasteiger partial charge < -0.3 is 14.8 Å². The molecule has 1 aromatic rings. The lowest BCUT2D eigenvalue weighted by Gasteiger charge is -2.11. The summed E-state index contributed by atoms with van der Waals surface area (Å²) in [6.45, 7) is 7.09. The van der Waals surface area contributed by atoms with Crippen LogP contribution < -0.4 is 14.8 Å². The molecule has 2 rings (SSSR count). The van der Waals surface area contributed by atoms with Gasteiger partial charge in [0.05, 0.1) is 17.0 Å². The van der Waals surface area contributed by atoms with Gasteiger partial charge in [-0.15, -0.1) is 0 Å². The highest BCUT2D eigenvalue weighted by atomic mass is 32.2. The van der Waals surface area contributed by atoms with E-state index in [0.717, 1.165) is 17.9 Å². The minimum absolute atomic E-state index is 0.0304. The average molecular weight is 313 g/mol. The van der Waals surface area contributed by atoms with E-state index in [-0.39, 0.29) is 23.7 Å². The maximum atomic E-state index is 11.7. The number of nitrogens with one attached hydrogen (secondary N) is 1. The Bertz CT molecular complexity index is 583. The lowest BCUT2D eigenvalue weighted by atomic mass is 10.1. The molecule has 0 bridgehead atoms. The molecule has 1 heterocycles. The quantitative estimate of drug-likeness (QED) is 0.833. The Morgan fingerprint density at radius 1 is 1.43 bits per heavy atom. The van der Waals surface area contributed by atoms with Gasteiger partial charge in [0, 0.05) is 11.6 Å². The van der Waals surface area contributed by atoms with E-state index in [2.05, 4.69) is 12.2 Å². The molecule has 0 aromatic heterocycles. The fourth-order valence-corrected chi connectivity index (χ4v) is 2.99. The number of likely N-dealkylation sites (N-methyl/N-ethyl adjacent to an activating group) is 1. The zero-order valence-corrected chi connectivity index (χ0v) is 13.6. The van der Waals surface area contributed by atoms with Crippen molar-refractivity contribution in [2.45, 2.75) is 32.1 Å². The van der Waals surface area contributed by atoms with Gasteiger partial charge in [-0.25, -0.2) is 8.42 Å². The van der Waals surface area contributed by atoms with Crippen molar-refractivity contribution in [1.29, 1.82) is 0 Å². The molecule has 0 fully saturated rings. The zero-order chi connectivity index (χ0) is 15.5. The van der Waals surface area contributed by atoms with Gasteiger partial charge >= 0.3 is 0 Å². The number of rotatable bonds is 7. The Morgan fingerprint density at radius 2 is 2.19 bits per heavy atom. The van der Waals surface area contributed by atoms with Crippen LogP contribution in [0.15, 0.2) is 18.2 Å². The molecule has 118 valence electrons. The first-order chi connectivity index (χ1) is 9.94. The third kappa shape index (κ3) is 3.89. The summed E-state index contributed by atoms with van der Waals surface area (Å²) in [5, 5.41) is 2.98. The summed E-state index contributed by atoms with van der Waals surface area (Å²) in [4.78, 5) is 0. The molecule has 1 atom stereocenters. The minimum atomic E-state index is -3.06. The molecule has 5 nitrogen and oxygen atoms in total. The summed E-state index contributed by atoms with van der Waals surface area (Å²) < 4.78 is 34.6. The van der Waals surface area contributed by atoms with Gasteiger partial charge in [-0.2, -0.15) is 0 Å². The summed E-state index contributed by atoms with van der Waals surface area (Å²) in [6.07, 6.45) is 0. The first-order valence-electron chi connectivity index (χ1n) is 7.28. The molecule has 0 amide bonds. The molecule has 0 aliphatic carbocycles. The van der Waals surface area contributed by atoms with Gasteiger partial charge in [0.25, 0.3) is 0 Å². The maximum Gasteiger partial charge on any atom is 0.155 e. The molecule has 0 spiro atoms. The van der Waals surface area contributed by atoms with Crippen molar-refractivity contribution < 1.29 is 17.9 Å². The van der Waals surface area contributed by atoms with E-state index in [1.165, 1.54) is 0 Å². The number of sulfone groups is 1. The largest absolute Gasteiger partial charge is 0.492 e. The Kier molecular flexibility index (Phi) is 5.11. The molecule has 0 radical (unpaired) electrons. The minimum Gasteiger partial charge on any atom is -0.492 e. The number of hydrogen-bond acceptors (Lipinski definition) is 5. The van der Waals surface area contributed by atoms with E-state index in [9.17, 15) is 8.42 Å². The van der Waals surface area contributed by atoms with Crippen molar-refractivity contribution in [2.24, 2.45) is 0 Å². The summed E-state index contributed by atoms with van der Waals surface area (Å²) in [6, 6.07) is 5.89. The van der Waals surface area contributed by atoms with E-state index < -0.39 is 9.84 Å². The smallest absolute Gasteiger partial charge is 0.155 e. The molecule has 1 aliphatic heterocycles. The molecule has 0 saturated heterocycles. The van der Waals surface area contributed by atoms with Gasteiger partial charge in [-0.1, -0.05) is 6.92 Å². The van der Waals surface area contributed by atoms with Crippen molar-refractivity contribution in [3.8, 4) is 11.5 Å².